The summed E-state index contributed by atoms with van der Waals surface area (Å²) in [6.45, 7) is 7.89. The van der Waals surface area contributed by atoms with Crippen LogP contribution in [0, 0.1) is 0 Å². The normalized spacial score (nSPS) is 27.1. The van der Waals surface area contributed by atoms with Crippen molar-refractivity contribution in [2.45, 2.75) is 50.6 Å². The van der Waals surface area contributed by atoms with E-state index in [4.69, 9.17) is 0 Å². The smallest absolute Gasteiger partial charge is 0.0120 e. The molecule has 0 aromatic carbocycles. The molecule has 0 N–H and O–H groups in total. The molecule has 0 spiro atoms. The fourth-order valence-corrected chi connectivity index (χ4v) is 3.98. The third kappa shape index (κ3) is 5.80. The monoisotopic (exact) mass is 310 g/mol. The Labute approximate surface area is 138 Å². The molecule has 130 valence electrons. The van der Waals surface area contributed by atoms with Gasteiger partial charge in [-0.25, -0.2) is 0 Å². The summed E-state index contributed by atoms with van der Waals surface area (Å²) in [7, 11) is 8.79. The Morgan fingerprint density at radius 3 is 1.59 bits per heavy atom. The largest absolute Gasteiger partial charge is 0.306 e. The highest BCUT2D eigenvalue weighted by atomic mass is 15.2. The van der Waals surface area contributed by atoms with Gasteiger partial charge in [0.15, 0.2) is 0 Å². The van der Waals surface area contributed by atoms with E-state index in [1.165, 1.54) is 77.8 Å². The molecule has 4 nitrogen and oxygen atoms in total. The maximum Gasteiger partial charge on any atom is 0.0120 e. The van der Waals surface area contributed by atoms with Crippen LogP contribution in [0.1, 0.15) is 38.5 Å². The summed E-state index contributed by atoms with van der Waals surface area (Å²) in [6, 6.07) is 1.75. The van der Waals surface area contributed by atoms with Crippen LogP contribution in [0.2, 0.25) is 0 Å². The second-order valence-electron chi connectivity index (χ2n) is 7.78. The molecule has 3 aliphatic rings. The first-order valence-electron chi connectivity index (χ1n) is 9.34. The molecule has 0 unspecified atom stereocenters. The summed E-state index contributed by atoms with van der Waals surface area (Å²) in [4.78, 5) is 9.90. The van der Waals surface area contributed by atoms with Gasteiger partial charge in [0.2, 0.25) is 0 Å². The van der Waals surface area contributed by atoms with Gasteiger partial charge in [-0.2, -0.15) is 0 Å². The van der Waals surface area contributed by atoms with E-state index in [-0.39, 0.29) is 0 Å². The zero-order valence-corrected chi connectivity index (χ0v) is 15.4. The number of likely N-dealkylation sites (tertiary alicyclic amines) is 3. The Morgan fingerprint density at radius 1 is 0.682 bits per heavy atom. The zero-order valence-electron chi connectivity index (χ0n) is 15.4. The van der Waals surface area contributed by atoms with Gasteiger partial charge in [0.05, 0.1) is 0 Å². The second-order valence-corrected chi connectivity index (χ2v) is 7.78. The molecule has 3 heterocycles. The van der Waals surface area contributed by atoms with Crippen molar-refractivity contribution in [2.24, 2.45) is 0 Å². The predicted molar refractivity (Wildman–Crippen MR) is 95.5 cm³/mol. The standard InChI is InChI=1S/C10H20N2.C8H18N2/c1-11-8-4-10(5-9-11)12-6-2-3-7-12;1-9(2)8-4-6-10(3)7-5-8/h10H,2-9H2,1H3;8H,4-7H2,1-3H3. The van der Waals surface area contributed by atoms with Gasteiger partial charge in [0, 0.05) is 12.1 Å². The average Bonchev–Trinajstić information content (AvgIpc) is 3.03. The maximum absolute atomic E-state index is 2.70. The molecule has 0 aliphatic carbocycles. The summed E-state index contributed by atoms with van der Waals surface area (Å²) in [5.74, 6) is 0. The van der Waals surface area contributed by atoms with Crippen LogP contribution < -0.4 is 0 Å². The van der Waals surface area contributed by atoms with Crippen LogP contribution in [-0.4, -0.2) is 99.1 Å². The van der Waals surface area contributed by atoms with E-state index in [1.54, 1.807) is 0 Å². The van der Waals surface area contributed by atoms with Gasteiger partial charge in [0.25, 0.3) is 0 Å². The average molecular weight is 311 g/mol. The van der Waals surface area contributed by atoms with Gasteiger partial charge in [-0.3, -0.25) is 0 Å². The first-order valence-corrected chi connectivity index (χ1v) is 9.34. The molecule has 4 heteroatoms. The van der Waals surface area contributed by atoms with Gasteiger partial charge < -0.3 is 19.6 Å². The van der Waals surface area contributed by atoms with Crippen molar-refractivity contribution in [3.05, 3.63) is 0 Å². The molecule has 3 rings (SSSR count). The molecule has 3 aliphatic heterocycles. The fourth-order valence-electron chi connectivity index (χ4n) is 3.98. The quantitative estimate of drug-likeness (QED) is 0.771. The Balaban J connectivity index is 0.000000164. The first kappa shape index (κ1) is 18.2. The molecule has 3 saturated heterocycles. The van der Waals surface area contributed by atoms with E-state index < -0.39 is 0 Å². The topological polar surface area (TPSA) is 13.0 Å². The van der Waals surface area contributed by atoms with Crippen molar-refractivity contribution >= 4 is 0 Å². The van der Waals surface area contributed by atoms with E-state index in [0.717, 1.165) is 12.1 Å². The van der Waals surface area contributed by atoms with Crippen molar-refractivity contribution in [2.75, 3.05) is 67.5 Å². The Kier molecular flexibility index (Phi) is 7.61. The van der Waals surface area contributed by atoms with Crippen LogP contribution >= 0.6 is 0 Å². The van der Waals surface area contributed by atoms with Crippen LogP contribution in [-0.2, 0) is 0 Å². The Hall–Kier alpha value is -0.160. The highest BCUT2D eigenvalue weighted by Crippen LogP contribution is 2.20. The van der Waals surface area contributed by atoms with E-state index in [9.17, 15) is 0 Å². The van der Waals surface area contributed by atoms with Crippen LogP contribution in [0.25, 0.3) is 0 Å². The van der Waals surface area contributed by atoms with Crippen molar-refractivity contribution in [3.8, 4) is 0 Å². The Bertz CT molecular complexity index is 285. The highest BCUT2D eigenvalue weighted by molar-refractivity contribution is 4.81. The summed E-state index contributed by atoms with van der Waals surface area (Å²) < 4.78 is 0. The molecule has 22 heavy (non-hydrogen) atoms. The van der Waals surface area contributed by atoms with Gasteiger partial charge in [-0.1, -0.05) is 0 Å². The summed E-state index contributed by atoms with van der Waals surface area (Å²) >= 11 is 0. The minimum absolute atomic E-state index is 0.830. The molecule has 0 bridgehead atoms. The zero-order chi connectivity index (χ0) is 15.9. The second kappa shape index (κ2) is 9.21. The van der Waals surface area contributed by atoms with Crippen LogP contribution in [0.15, 0.2) is 0 Å². The van der Waals surface area contributed by atoms with E-state index in [1.807, 2.05) is 0 Å². The fraction of sp³-hybridized carbons (Fsp3) is 1.00. The molecule has 0 aromatic rings. The molecule has 0 amide bonds. The SMILES string of the molecule is CN1CCC(N(C)C)CC1.CN1CCC(N2CCCC2)CC1. The molecular formula is C18H38N4. The molecule has 3 fully saturated rings. The van der Waals surface area contributed by atoms with Crippen molar-refractivity contribution in [3.63, 3.8) is 0 Å². The van der Waals surface area contributed by atoms with Gasteiger partial charge >= 0.3 is 0 Å². The van der Waals surface area contributed by atoms with Crippen LogP contribution in [0.4, 0.5) is 0 Å². The summed E-state index contributed by atoms with van der Waals surface area (Å²) in [5, 5.41) is 0. The third-order valence-corrected chi connectivity index (χ3v) is 5.76. The lowest BCUT2D eigenvalue weighted by Gasteiger charge is -2.34. The first-order chi connectivity index (χ1) is 10.6. The van der Waals surface area contributed by atoms with E-state index in [2.05, 4.69) is 47.8 Å². The van der Waals surface area contributed by atoms with Gasteiger partial charge in [-0.05, 0) is 106 Å². The van der Waals surface area contributed by atoms with Gasteiger partial charge in [-0.15, -0.1) is 0 Å². The van der Waals surface area contributed by atoms with Crippen LogP contribution in [0.3, 0.4) is 0 Å². The number of hydrogen-bond donors (Lipinski definition) is 0. The molecule has 0 saturated carbocycles. The molecule has 0 aromatic heterocycles. The number of rotatable bonds is 2. The highest BCUT2D eigenvalue weighted by Gasteiger charge is 2.24. The predicted octanol–water partition coefficient (Wildman–Crippen LogP) is 1.82. The molecule has 0 atom stereocenters. The van der Waals surface area contributed by atoms with Crippen molar-refractivity contribution < 1.29 is 0 Å². The number of piperidine rings is 2. The van der Waals surface area contributed by atoms with Crippen LogP contribution in [0.5, 0.6) is 0 Å². The third-order valence-electron chi connectivity index (χ3n) is 5.76. The lowest BCUT2D eigenvalue weighted by molar-refractivity contribution is 0.143. The molecular weight excluding hydrogens is 272 g/mol. The van der Waals surface area contributed by atoms with Crippen molar-refractivity contribution in [1.29, 1.82) is 0 Å². The minimum Gasteiger partial charge on any atom is -0.306 e. The van der Waals surface area contributed by atoms with Gasteiger partial charge in [0.1, 0.15) is 0 Å². The number of hydrogen-bond acceptors (Lipinski definition) is 4. The molecule has 0 radical (unpaired) electrons. The summed E-state index contributed by atoms with van der Waals surface area (Å²) in [6.07, 6.45) is 8.35. The minimum atomic E-state index is 0.830. The number of nitrogens with zero attached hydrogens (tertiary/aromatic N) is 4. The maximum atomic E-state index is 2.70. The Morgan fingerprint density at radius 2 is 1.14 bits per heavy atom. The van der Waals surface area contributed by atoms with E-state index >= 15 is 0 Å². The summed E-state index contributed by atoms with van der Waals surface area (Å²) in [5.41, 5.74) is 0. The lowest BCUT2D eigenvalue weighted by Crippen LogP contribution is -2.42. The van der Waals surface area contributed by atoms with E-state index in [0.29, 0.717) is 0 Å². The lowest BCUT2D eigenvalue weighted by atomic mass is 10.0. The van der Waals surface area contributed by atoms with Crippen molar-refractivity contribution in [1.82, 2.24) is 19.6 Å².